The van der Waals surface area contributed by atoms with Crippen molar-refractivity contribution < 1.29 is 30.4 Å². The quantitative estimate of drug-likeness (QED) is 0.292. The predicted molar refractivity (Wildman–Crippen MR) is 128 cm³/mol. The minimum absolute atomic E-state index is 0.0881. The molecule has 0 bridgehead atoms. The number of rotatable bonds is 5. The van der Waals surface area contributed by atoms with Gasteiger partial charge in [0.25, 0.3) is 5.56 Å². The van der Waals surface area contributed by atoms with Crippen LogP contribution in [0.4, 0.5) is 22.0 Å². The van der Waals surface area contributed by atoms with Gasteiger partial charge in [0.1, 0.15) is 23.3 Å². The highest BCUT2D eigenvalue weighted by Crippen LogP contribution is 2.38. The molecule has 2 aromatic carbocycles. The molecule has 0 atom stereocenters. The van der Waals surface area contributed by atoms with E-state index in [2.05, 4.69) is 0 Å². The molecule has 0 radical (unpaired) electrons. The van der Waals surface area contributed by atoms with Crippen molar-refractivity contribution in [2.75, 3.05) is 6.26 Å². The number of halogens is 5. The lowest BCUT2D eigenvalue weighted by Gasteiger charge is -2.17. The van der Waals surface area contributed by atoms with Crippen LogP contribution in [-0.2, 0) is 22.6 Å². The van der Waals surface area contributed by atoms with Gasteiger partial charge in [-0.3, -0.25) is 4.79 Å². The second kappa shape index (κ2) is 9.57. The molecule has 0 fully saturated rings. The highest BCUT2D eigenvalue weighted by molar-refractivity contribution is 7.90. The Morgan fingerprint density at radius 2 is 1.62 bits per heavy atom. The molecule has 0 saturated heterocycles. The largest absolute Gasteiger partial charge is 0.417 e. The number of pyridine rings is 1. The smallest absolute Gasteiger partial charge is 0.302 e. The van der Waals surface area contributed by atoms with E-state index in [0.29, 0.717) is 22.6 Å². The van der Waals surface area contributed by atoms with E-state index in [-0.39, 0.29) is 21.0 Å². The van der Waals surface area contributed by atoms with Crippen molar-refractivity contribution in [1.82, 2.24) is 4.57 Å². The van der Waals surface area contributed by atoms with Gasteiger partial charge >= 0.3 is 6.18 Å². The highest BCUT2D eigenvalue weighted by Gasteiger charge is 2.36. The van der Waals surface area contributed by atoms with Gasteiger partial charge in [-0.2, -0.15) is 18.4 Å². The topological polar surface area (TPSA) is 79.9 Å². The van der Waals surface area contributed by atoms with Gasteiger partial charge in [-0.25, -0.2) is 17.2 Å². The number of sulfone groups is 1. The van der Waals surface area contributed by atoms with Crippen LogP contribution in [0.25, 0.3) is 21.0 Å². The van der Waals surface area contributed by atoms with Crippen LogP contribution in [0.5, 0.6) is 0 Å². The summed E-state index contributed by atoms with van der Waals surface area (Å²) in [5.74, 6) is -1.88. The van der Waals surface area contributed by atoms with Crippen LogP contribution < -0.4 is 5.56 Å². The molecular formula is C25H15F5N2O3S2. The maximum absolute atomic E-state index is 14.4. The van der Waals surface area contributed by atoms with E-state index in [1.54, 1.807) is 6.07 Å². The van der Waals surface area contributed by atoms with Crippen LogP contribution in [-0.4, -0.2) is 19.2 Å². The molecule has 0 unspecified atom stereocenters. The first-order chi connectivity index (χ1) is 17.3. The SMILES string of the molecule is CS(=O)(=O)c1ccc(-c2ccc(-c3cc(C(F)(F)F)c(C#N)c(=O)n3Cc3ccc(F)cc3F)s2)cc1. The number of nitriles is 1. The minimum atomic E-state index is -5.01. The minimum Gasteiger partial charge on any atom is -0.302 e. The molecule has 5 nitrogen and oxygen atoms in total. The van der Waals surface area contributed by atoms with Gasteiger partial charge in [0.15, 0.2) is 9.84 Å². The molecule has 0 aliphatic rings. The molecule has 2 aromatic heterocycles. The summed E-state index contributed by atoms with van der Waals surface area (Å²) in [6.45, 7) is -0.552. The summed E-state index contributed by atoms with van der Waals surface area (Å²) in [4.78, 5) is 13.9. The van der Waals surface area contributed by atoms with Gasteiger partial charge < -0.3 is 4.57 Å². The van der Waals surface area contributed by atoms with Crippen LogP contribution in [0.1, 0.15) is 16.7 Å². The van der Waals surface area contributed by atoms with Crippen LogP contribution in [0, 0.1) is 23.0 Å². The number of benzene rings is 2. The monoisotopic (exact) mass is 550 g/mol. The van der Waals surface area contributed by atoms with Crippen molar-refractivity contribution in [2.45, 2.75) is 17.6 Å². The maximum Gasteiger partial charge on any atom is 0.417 e. The lowest BCUT2D eigenvalue weighted by Crippen LogP contribution is -2.28. The number of aromatic nitrogens is 1. The number of hydrogen-bond donors (Lipinski definition) is 0. The van der Waals surface area contributed by atoms with E-state index in [1.807, 2.05) is 0 Å². The molecule has 12 heteroatoms. The van der Waals surface area contributed by atoms with Crippen molar-refractivity contribution in [1.29, 1.82) is 5.26 Å². The molecule has 0 saturated carbocycles. The van der Waals surface area contributed by atoms with Gasteiger partial charge in [0.2, 0.25) is 0 Å². The van der Waals surface area contributed by atoms with Crippen LogP contribution in [0.3, 0.4) is 0 Å². The van der Waals surface area contributed by atoms with Crippen molar-refractivity contribution in [3.05, 3.63) is 99.3 Å². The third-order valence-electron chi connectivity index (χ3n) is 5.49. The Balaban J connectivity index is 1.89. The first-order valence-corrected chi connectivity index (χ1v) is 13.1. The van der Waals surface area contributed by atoms with E-state index >= 15 is 0 Å². The second-order valence-corrected chi connectivity index (χ2v) is 11.1. The Bertz CT molecular complexity index is 1720. The van der Waals surface area contributed by atoms with Crippen molar-refractivity contribution in [3.63, 3.8) is 0 Å². The summed E-state index contributed by atoms with van der Waals surface area (Å²) in [6.07, 6.45) is -3.96. The van der Waals surface area contributed by atoms with Crippen LogP contribution >= 0.6 is 11.3 Å². The number of nitrogens with zero attached hydrogens (tertiary/aromatic N) is 2. The second-order valence-electron chi connectivity index (χ2n) is 8.02. The lowest BCUT2D eigenvalue weighted by molar-refractivity contribution is -0.137. The Morgan fingerprint density at radius 3 is 2.19 bits per heavy atom. The third kappa shape index (κ3) is 5.33. The van der Waals surface area contributed by atoms with Gasteiger partial charge in [-0.15, -0.1) is 11.3 Å². The van der Waals surface area contributed by atoms with Gasteiger partial charge in [0.05, 0.1) is 27.6 Å². The standard InChI is InChI=1S/C25H15F5N2O3S2/c1-37(34,35)17-6-3-14(4-7-17)22-8-9-23(36-22)21-11-19(25(28,29)30)18(12-31)24(33)32(21)13-15-2-5-16(26)10-20(15)27/h2-11H,13H2,1H3. The molecule has 0 amide bonds. The molecule has 4 rings (SSSR count). The highest BCUT2D eigenvalue weighted by atomic mass is 32.2. The van der Waals surface area contributed by atoms with E-state index in [0.717, 1.165) is 34.3 Å². The van der Waals surface area contributed by atoms with Crippen molar-refractivity contribution in [3.8, 4) is 27.1 Å². The number of alkyl halides is 3. The molecule has 37 heavy (non-hydrogen) atoms. The third-order valence-corrected chi connectivity index (χ3v) is 7.77. The van der Waals surface area contributed by atoms with E-state index in [9.17, 15) is 40.4 Å². The zero-order chi connectivity index (χ0) is 27.1. The molecule has 0 aliphatic heterocycles. The Morgan fingerprint density at radius 1 is 0.973 bits per heavy atom. The molecule has 0 spiro atoms. The molecular weight excluding hydrogens is 535 g/mol. The summed E-state index contributed by atoms with van der Waals surface area (Å²) in [5, 5.41) is 9.31. The van der Waals surface area contributed by atoms with Gasteiger partial charge in [-0.1, -0.05) is 18.2 Å². The molecule has 190 valence electrons. The first kappa shape index (κ1) is 26.2. The van der Waals surface area contributed by atoms with E-state index < -0.39 is 50.9 Å². The van der Waals surface area contributed by atoms with Crippen molar-refractivity contribution >= 4 is 21.2 Å². The molecule has 4 aromatic rings. The molecule has 0 aliphatic carbocycles. The van der Waals surface area contributed by atoms with Gasteiger partial charge in [0, 0.05) is 22.8 Å². The fourth-order valence-corrected chi connectivity index (χ4v) is 5.32. The maximum atomic E-state index is 14.4. The van der Waals surface area contributed by atoms with Crippen molar-refractivity contribution in [2.24, 2.45) is 0 Å². The molecule has 0 N–H and O–H groups in total. The van der Waals surface area contributed by atoms with Crippen LogP contribution in [0.15, 0.2) is 70.4 Å². The lowest BCUT2D eigenvalue weighted by atomic mass is 10.1. The molecule has 2 heterocycles. The average molecular weight is 551 g/mol. The average Bonchev–Trinajstić information content (AvgIpc) is 3.30. The Kier molecular flexibility index (Phi) is 6.79. The van der Waals surface area contributed by atoms with E-state index in [1.165, 1.54) is 36.4 Å². The fourth-order valence-electron chi connectivity index (χ4n) is 3.66. The fraction of sp³-hybridized carbons (Fsp3) is 0.120. The Labute approximate surface area is 211 Å². The summed E-state index contributed by atoms with van der Waals surface area (Å²) in [6, 6.07) is 13.4. The van der Waals surface area contributed by atoms with Crippen LogP contribution in [0.2, 0.25) is 0 Å². The normalized spacial score (nSPS) is 11.9. The summed E-state index contributed by atoms with van der Waals surface area (Å²) in [7, 11) is -3.43. The number of thiophene rings is 1. The van der Waals surface area contributed by atoms with Gasteiger partial charge in [-0.05, 0) is 42.0 Å². The summed E-state index contributed by atoms with van der Waals surface area (Å²) < 4.78 is 93.2. The number of hydrogen-bond acceptors (Lipinski definition) is 5. The van der Waals surface area contributed by atoms with E-state index in [4.69, 9.17) is 0 Å². The predicted octanol–water partition coefficient (Wildman–Crippen LogP) is 5.86. The zero-order valence-electron chi connectivity index (χ0n) is 18.8. The summed E-state index contributed by atoms with van der Waals surface area (Å²) >= 11 is 1.01. The zero-order valence-corrected chi connectivity index (χ0v) is 20.4. The first-order valence-electron chi connectivity index (χ1n) is 10.4. The Hall–Kier alpha value is -3.82. The summed E-state index contributed by atoms with van der Waals surface area (Å²) in [5.41, 5.74) is -3.66.